The quantitative estimate of drug-likeness (QED) is 0.357. The van der Waals surface area contributed by atoms with E-state index in [1.165, 1.54) is 23.9 Å². The molecule has 1 saturated heterocycles. The Morgan fingerprint density at radius 2 is 1.61 bits per heavy atom. The second-order valence-corrected chi connectivity index (χ2v) is 12.1. The molecule has 1 atom stereocenters. The van der Waals surface area contributed by atoms with E-state index in [2.05, 4.69) is 17.0 Å². The number of hydrogen-bond donors (Lipinski definition) is 2. The predicted octanol–water partition coefficient (Wildman–Crippen LogP) is 5.57. The van der Waals surface area contributed by atoms with Crippen LogP contribution in [-0.4, -0.2) is 44.5 Å². The van der Waals surface area contributed by atoms with Crippen LogP contribution in [0.3, 0.4) is 0 Å². The van der Waals surface area contributed by atoms with Crippen LogP contribution in [0, 0.1) is 5.92 Å². The molecule has 200 valence electrons. The number of hydrogen-bond acceptors (Lipinski definition) is 5. The van der Waals surface area contributed by atoms with Gasteiger partial charge in [0.15, 0.2) is 0 Å². The van der Waals surface area contributed by atoms with Crippen molar-refractivity contribution < 1.29 is 18.0 Å². The van der Waals surface area contributed by atoms with Gasteiger partial charge in [-0.1, -0.05) is 49.4 Å². The third-order valence-electron chi connectivity index (χ3n) is 6.85. The number of nitrogens with zero attached hydrogens (tertiary/aromatic N) is 1. The van der Waals surface area contributed by atoms with Crippen LogP contribution in [-0.2, 0) is 10.0 Å². The SMILES string of the molecule is CSc1ccc(S(=O)(=O)Nc2ccccc2C(=O)N[C@H](C)c2ccccc2)cc1C(=O)N1CCC(C)CC1. The molecule has 3 aromatic rings. The summed E-state index contributed by atoms with van der Waals surface area (Å²) in [6, 6.07) is 20.3. The van der Waals surface area contributed by atoms with Gasteiger partial charge in [-0.3, -0.25) is 14.3 Å². The van der Waals surface area contributed by atoms with Crippen LogP contribution in [0.15, 0.2) is 82.6 Å². The van der Waals surface area contributed by atoms with Crippen LogP contribution >= 0.6 is 11.8 Å². The summed E-state index contributed by atoms with van der Waals surface area (Å²) in [5, 5.41) is 2.93. The monoisotopic (exact) mass is 551 g/mol. The first-order chi connectivity index (χ1) is 18.2. The standard InChI is InChI=1S/C29H33N3O4S2/c1-20-15-17-32(18-16-20)29(34)25-19-23(13-14-27(25)37-3)38(35,36)31-26-12-8-7-11-24(26)28(33)30-21(2)22-9-5-4-6-10-22/h4-14,19-21,31H,15-18H2,1-3H3,(H,30,33)/t21-/m1/s1. The summed E-state index contributed by atoms with van der Waals surface area (Å²) >= 11 is 1.41. The number of nitrogens with one attached hydrogen (secondary N) is 2. The molecule has 0 unspecified atom stereocenters. The summed E-state index contributed by atoms with van der Waals surface area (Å²) in [7, 11) is -4.08. The van der Waals surface area contributed by atoms with E-state index in [9.17, 15) is 18.0 Å². The van der Waals surface area contributed by atoms with Gasteiger partial charge in [-0.2, -0.15) is 0 Å². The molecule has 0 saturated carbocycles. The van der Waals surface area contributed by atoms with E-state index in [0.29, 0.717) is 24.6 Å². The van der Waals surface area contributed by atoms with E-state index in [-0.39, 0.29) is 28.1 Å². The van der Waals surface area contributed by atoms with Crippen LogP contribution in [0.5, 0.6) is 0 Å². The number of thioether (sulfide) groups is 1. The molecule has 0 bridgehead atoms. The summed E-state index contributed by atoms with van der Waals surface area (Å²) < 4.78 is 29.4. The Morgan fingerprint density at radius 3 is 2.29 bits per heavy atom. The number of carbonyl (C=O) groups excluding carboxylic acids is 2. The van der Waals surface area contributed by atoms with E-state index < -0.39 is 15.9 Å². The van der Waals surface area contributed by atoms with E-state index in [1.54, 1.807) is 35.2 Å². The minimum Gasteiger partial charge on any atom is -0.345 e. The largest absolute Gasteiger partial charge is 0.345 e. The fraction of sp³-hybridized carbons (Fsp3) is 0.310. The van der Waals surface area contributed by atoms with Gasteiger partial charge in [-0.25, -0.2) is 8.42 Å². The number of carbonyl (C=O) groups is 2. The molecule has 0 aliphatic carbocycles. The molecule has 0 spiro atoms. The fourth-order valence-corrected chi connectivity index (χ4v) is 6.15. The molecule has 1 fully saturated rings. The van der Waals surface area contributed by atoms with Crippen molar-refractivity contribution in [3.05, 3.63) is 89.5 Å². The van der Waals surface area contributed by atoms with Crippen molar-refractivity contribution in [3.63, 3.8) is 0 Å². The number of likely N-dealkylation sites (tertiary alicyclic amines) is 1. The number of anilines is 1. The number of sulfonamides is 1. The lowest BCUT2D eigenvalue weighted by Gasteiger charge is -2.30. The highest BCUT2D eigenvalue weighted by atomic mass is 32.2. The number of para-hydroxylation sites is 1. The van der Waals surface area contributed by atoms with Gasteiger partial charge < -0.3 is 10.2 Å². The van der Waals surface area contributed by atoms with Gasteiger partial charge >= 0.3 is 0 Å². The van der Waals surface area contributed by atoms with Gasteiger partial charge in [-0.15, -0.1) is 11.8 Å². The third kappa shape index (κ3) is 6.39. The molecule has 0 radical (unpaired) electrons. The Balaban J connectivity index is 1.57. The molecule has 1 aliphatic heterocycles. The Labute approximate surface area is 229 Å². The number of benzene rings is 3. The van der Waals surface area contributed by atoms with Gasteiger partial charge in [-0.05, 0) is 67.8 Å². The number of rotatable bonds is 8. The highest BCUT2D eigenvalue weighted by molar-refractivity contribution is 7.98. The zero-order valence-corrected chi connectivity index (χ0v) is 23.4. The van der Waals surface area contributed by atoms with Gasteiger partial charge in [0, 0.05) is 18.0 Å². The Bertz CT molecular complexity index is 1400. The molecular weight excluding hydrogens is 518 g/mol. The van der Waals surface area contributed by atoms with Crippen molar-refractivity contribution in [2.24, 2.45) is 5.92 Å². The molecule has 7 nitrogen and oxygen atoms in total. The molecule has 0 aromatic heterocycles. The maximum Gasteiger partial charge on any atom is 0.261 e. The molecule has 1 heterocycles. The predicted molar refractivity (Wildman–Crippen MR) is 152 cm³/mol. The molecular formula is C29H33N3O4S2. The Hall–Kier alpha value is -3.30. The molecule has 2 amide bonds. The summed E-state index contributed by atoms with van der Waals surface area (Å²) in [6.45, 7) is 5.36. The number of amides is 2. The molecule has 3 aromatic carbocycles. The first-order valence-corrected chi connectivity index (χ1v) is 15.4. The third-order valence-corrected chi connectivity index (χ3v) is 9.00. The van der Waals surface area contributed by atoms with Gasteiger partial charge in [0.25, 0.3) is 21.8 Å². The average molecular weight is 552 g/mol. The fourth-order valence-electron chi connectivity index (χ4n) is 4.48. The van der Waals surface area contributed by atoms with E-state index in [0.717, 1.165) is 23.3 Å². The van der Waals surface area contributed by atoms with Gasteiger partial charge in [0.2, 0.25) is 0 Å². The van der Waals surface area contributed by atoms with Crippen molar-refractivity contribution >= 4 is 39.3 Å². The van der Waals surface area contributed by atoms with Crippen LogP contribution in [0.4, 0.5) is 5.69 Å². The van der Waals surface area contributed by atoms with Crippen molar-refractivity contribution in [1.29, 1.82) is 0 Å². The summed E-state index contributed by atoms with van der Waals surface area (Å²) in [6.07, 6.45) is 3.73. The van der Waals surface area contributed by atoms with E-state index in [4.69, 9.17) is 0 Å². The molecule has 9 heteroatoms. The normalized spacial score (nSPS) is 15.1. The lowest BCUT2D eigenvalue weighted by atomic mass is 9.98. The summed E-state index contributed by atoms with van der Waals surface area (Å²) in [5.41, 5.74) is 1.68. The zero-order chi connectivity index (χ0) is 27.3. The number of piperidine rings is 1. The van der Waals surface area contributed by atoms with Crippen molar-refractivity contribution in [1.82, 2.24) is 10.2 Å². The minimum absolute atomic E-state index is 0.0307. The van der Waals surface area contributed by atoms with Crippen molar-refractivity contribution in [3.8, 4) is 0 Å². The van der Waals surface area contributed by atoms with Crippen LogP contribution in [0.25, 0.3) is 0 Å². The molecule has 2 N–H and O–H groups in total. The first kappa shape index (κ1) is 27.7. The average Bonchev–Trinajstić information content (AvgIpc) is 2.93. The van der Waals surface area contributed by atoms with Crippen LogP contribution in [0.1, 0.15) is 59.0 Å². The second-order valence-electron chi connectivity index (χ2n) is 9.59. The zero-order valence-electron chi connectivity index (χ0n) is 21.8. The molecule has 1 aliphatic rings. The summed E-state index contributed by atoms with van der Waals surface area (Å²) in [4.78, 5) is 28.9. The van der Waals surface area contributed by atoms with Crippen molar-refractivity contribution in [2.75, 3.05) is 24.1 Å². The lowest BCUT2D eigenvalue weighted by molar-refractivity contribution is 0.0693. The van der Waals surface area contributed by atoms with Gasteiger partial charge in [0.05, 0.1) is 27.8 Å². The van der Waals surface area contributed by atoms with Crippen molar-refractivity contribution in [2.45, 2.75) is 42.5 Å². The Morgan fingerprint density at radius 1 is 0.947 bits per heavy atom. The topological polar surface area (TPSA) is 95.6 Å². The minimum atomic E-state index is -4.08. The van der Waals surface area contributed by atoms with Crippen LogP contribution < -0.4 is 10.0 Å². The maximum atomic E-state index is 13.4. The molecule has 38 heavy (non-hydrogen) atoms. The second kappa shape index (κ2) is 12.0. The highest BCUT2D eigenvalue weighted by Crippen LogP contribution is 2.28. The van der Waals surface area contributed by atoms with E-state index >= 15 is 0 Å². The highest BCUT2D eigenvalue weighted by Gasteiger charge is 2.26. The van der Waals surface area contributed by atoms with Crippen LogP contribution in [0.2, 0.25) is 0 Å². The van der Waals surface area contributed by atoms with Gasteiger partial charge in [0.1, 0.15) is 0 Å². The maximum absolute atomic E-state index is 13.4. The summed E-state index contributed by atoms with van der Waals surface area (Å²) in [5.74, 6) is 0.0171. The van der Waals surface area contributed by atoms with E-state index in [1.807, 2.05) is 43.5 Å². The smallest absolute Gasteiger partial charge is 0.261 e. The molecule has 4 rings (SSSR count). The Kier molecular flexibility index (Phi) is 8.79. The lowest BCUT2D eigenvalue weighted by Crippen LogP contribution is -2.38. The first-order valence-electron chi connectivity index (χ1n) is 12.6.